The number of fused-ring (bicyclic) bond motifs is 2. The van der Waals surface area contributed by atoms with Gasteiger partial charge < -0.3 is 5.11 Å². The number of carboxylic acid groups (broad SMARTS) is 1. The molecular formula is C20H11FN4O4S. The Balaban J connectivity index is 1.70. The van der Waals surface area contributed by atoms with E-state index in [1.54, 1.807) is 24.3 Å². The van der Waals surface area contributed by atoms with Gasteiger partial charge in [0.25, 0.3) is 11.5 Å². The Kier molecular flexibility index (Phi) is 3.97. The zero-order valence-electron chi connectivity index (χ0n) is 15.1. The summed E-state index contributed by atoms with van der Waals surface area (Å²) in [5.41, 5.74) is 1.09. The van der Waals surface area contributed by atoms with Crippen LogP contribution in [-0.2, 0) is 9.59 Å². The summed E-state index contributed by atoms with van der Waals surface area (Å²) >= 11 is 0.999. The number of carbonyl (C=O) groups excluding carboxylic acids is 1. The molecule has 1 aliphatic rings. The Morgan fingerprint density at radius 1 is 1.10 bits per heavy atom. The maximum absolute atomic E-state index is 13.1. The van der Waals surface area contributed by atoms with Crippen LogP contribution in [0.4, 0.5) is 10.1 Å². The molecule has 3 heterocycles. The molecule has 4 aromatic rings. The molecule has 1 N–H and O–H groups in total. The van der Waals surface area contributed by atoms with Crippen molar-refractivity contribution >= 4 is 39.4 Å². The number of halogens is 1. The predicted molar refractivity (Wildman–Crippen MR) is 107 cm³/mol. The molecule has 0 fully saturated rings. The summed E-state index contributed by atoms with van der Waals surface area (Å²) in [4.78, 5) is 42.9. The number of carboxylic acids is 1. The molecule has 0 atom stereocenters. The van der Waals surface area contributed by atoms with Gasteiger partial charge in [-0.25, -0.2) is 4.39 Å². The van der Waals surface area contributed by atoms with E-state index in [9.17, 15) is 18.8 Å². The van der Waals surface area contributed by atoms with E-state index >= 15 is 0 Å². The number of carbonyl (C=O) groups is 2. The van der Waals surface area contributed by atoms with Crippen molar-refractivity contribution in [3.05, 3.63) is 74.8 Å². The van der Waals surface area contributed by atoms with Gasteiger partial charge in [-0.1, -0.05) is 29.5 Å². The maximum Gasteiger partial charge on any atom is 0.323 e. The zero-order chi connectivity index (χ0) is 21.0. The van der Waals surface area contributed by atoms with E-state index in [2.05, 4.69) is 10.1 Å². The highest BCUT2D eigenvalue weighted by Crippen LogP contribution is 2.35. The monoisotopic (exact) mass is 422 g/mol. The Hall–Kier alpha value is -3.92. The number of para-hydroxylation sites is 1. The van der Waals surface area contributed by atoms with Crippen LogP contribution >= 0.6 is 11.3 Å². The topological polar surface area (TPSA) is 105 Å². The van der Waals surface area contributed by atoms with Crippen molar-refractivity contribution in [3.8, 4) is 11.4 Å². The highest BCUT2D eigenvalue weighted by Gasteiger charge is 2.35. The summed E-state index contributed by atoms with van der Waals surface area (Å²) in [7, 11) is 0. The van der Waals surface area contributed by atoms with Gasteiger partial charge in [0, 0.05) is 11.1 Å². The van der Waals surface area contributed by atoms with Crippen LogP contribution in [0, 0.1) is 5.82 Å². The Bertz CT molecular complexity index is 1460. The van der Waals surface area contributed by atoms with Gasteiger partial charge in [-0.2, -0.15) is 9.50 Å². The molecule has 30 heavy (non-hydrogen) atoms. The minimum atomic E-state index is -1.16. The highest BCUT2D eigenvalue weighted by molar-refractivity contribution is 7.15. The van der Waals surface area contributed by atoms with E-state index in [-0.39, 0.29) is 20.9 Å². The minimum absolute atomic E-state index is 0.137. The highest BCUT2D eigenvalue weighted by atomic mass is 32.1. The number of benzene rings is 2. The summed E-state index contributed by atoms with van der Waals surface area (Å²) in [6.07, 6.45) is 0. The fraction of sp³-hybridized carbons (Fsp3) is 0.0500. The molecule has 2 aromatic carbocycles. The van der Waals surface area contributed by atoms with Crippen molar-refractivity contribution < 1.29 is 19.1 Å². The van der Waals surface area contributed by atoms with Crippen LogP contribution in [0.15, 0.2) is 53.3 Å². The molecule has 5 rings (SSSR count). The van der Waals surface area contributed by atoms with Crippen LogP contribution < -0.4 is 15.0 Å². The summed E-state index contributed by atoms with van der Waals surface area (Å²) < 4.78 is 14.4. The first-order valence-electron chi connectivity index (χ1n) is 8.77. The molecule has 0 unspecified atom stereocenters. The normalized spacial score (nSPS) is 15.1. The van der Waals surface area contributed by atoms with Gasteiger partial charge in [0.2, 0.25) is 4.96 Å². The van der Waals surface area contributed by atoms with Gasteiger partial charge in [0.1, 0.15) is 16.9 Å². The molecule has 8 nitrogen and oxygen atoms in total. The average molecular weight is 422 g/mol. The molecule has 0 saturated carbocycles. The van der Waals surface area contributed by atoms with Crippen molar-refractivity contribution in [2.45, 2.75) is 0 Å². The standard InChI is InChI=1S/C20H11FN4O4S/c21-11-7-5-10(6-8-11)17-22-20-25(23-17)19(29)16(30-20)15-12-3-1-2-4-13(12)24(18(15)28)9-14(26)27/h1-8H,9H2,(H,26,27)/b16-15-. The summed E-state index contributed by atoms with van der Waals surface area (Å²) in [6.45, 7) is -0.511. The van der Waals surface area contributed by atoms with E-state index < -0.39 is 29.8 Å². The van der Waals surface area contributed by atoms with Crippen molar-refractivity contribution in [1.82, 2.24) is 14.6 Å². The van der Waals surface area contributed by atoms with Gasteiger partial charge in [-0.15, -0.1) is 5.10 Å². The first kappa shape index (κ1) is 18.1. The number of hydrogen-bond acceptors (Lipinski definition) is 6. The van der Waals surface area contributed by atoms with Gasteiger partial charge >= 0.3 is 5.97 Å². The van der Waals surface area contributed by atoms with E-state index in [0.29, 0.717) is 16.8 Å². The fourth-order valence-corrected chi connectivity index (χ4v) is 4.40. The first-order valence-corrected chi connectivity index (χ1v) is 9.58. The second-order valence-electron chi connectivity index (χ2n) is 6.55. The van der Waals surface area contributed by atoms with E-state index in [0.717, 1.165) is 20.8 Å². The third-order valence-electron chi connectivity index (χ3n) is 4.70. The smallest absolute Gasteiger partial charge is 0.323 e. The largest absolute Gasteiger partial charge is 0.480 e. The van der Waals surface area contributed by atoms with Crippen LogP contribution in [0.3, 0.4) is 0 Å². The van der Waals surface area contributed by atoms with Crippen molar-refractivity contribution in [3.63, 3.8) is 0 Å². The van der Waals surface area contributed by atoms with Crippen LogP contribution in [0.2, 0.25) is 0 Å². The second-order valence-corrected chi connectivity index (χ2v) is 7.53. The molecule has 148 valence electrons. The van der Waals surface area contributed by atoms with Crippen molar-refractivity contribution in [2.75, 3.05) is 11.4 Å². The maximum atomic E-state index is 13.1. The molecule has 0 spiro atoms. The lowest BCUT2D eigenvalue weighted by molar-refractivity contribution is -0.136. The molecule has 2 aromatic heterocycles. The summed E-state index contributed by atoms with van der Waals surface area (Å²) in [5.74, 6) is -1.85. The number of hydrogen-bond donors (Lipinski definition) is 1. The Morgan fingerprint density at radius 3 is 2.53 bits per heavy atom. The van der Waals surface area contributed by atoms with Gasteiger partial charge in [0.05, 0.1) is 11.3 Å². The Labute approximate surface area is 171 Å². The van der Waals surface area contributed by atoms with Crippen molar-refractivity contribution in [1.29, 1.82) is 0 Å². The van der Waals surface area contributed by atoms with Crippen LogP contribution in [0.5, 0.6) is 0 Å². The number of anilines is 1. The summed E-state index contributed by atoms with van der Waals surface area (Å²) in [5, 5.41) is 13.4. The molecule has 1 aliphatic heterocycles. The third kappa shape index (κ3) is 2.69. The lowest BCUT2D eigenvalue weighted by atomic mass is 10.1. The lowest BCUT2D eigenvalue weighted by Crippen LogP contribution is -2.35. The average Bonchev–Trinajstić information content (AvgIpc) is 3.35. The molecule has 0 aliphatic carbocycles. The number of amides is 1. The molecule has 0 saturated heterocycles. The quantitative estimate of drug-likeness (QED) is 0.534. The predicted octanol–water partition coefficient (Wildman–Crippen LogP) is 1.31. The van der Waals surface area contributed by atoms with E-state index in [4.69, 9.17) is 5.11 Å². The van der Waals surface area contributed by atoms with E-state index in [1.165, 1.54) is 24.3 Å². The number of thiazole rings is 1. The van der Waals surface area contributed by atoms with E-state index in [1.807, 2.05) is 0 Å². The lowest BCUT2D eigenvalue weighted by Gasteiger charge is -2.13. The molecule has 1 amide bonds. The minimum Gasteiger partial charge on any atom is -0.480 e. The number of aliphatic carboxylic acids is 1. The molecular weight excluding hydrogens is 411 g/mol. The molecule has 0 radical (unpaired) electrons. The second kappa shape index (κ2) is 6.56. The SMILES string of the molecule is O=C(O)CN1C(=O)/C(=c2\sc3nc(-c4ccc(F)cc4)nn3c2=O)c2ccccc21. The van der Waals surface area contributed by atoms with Gasteiger partial charge in [-0.05, 0) is 30.3 Å². The molecule has 10 heteroatoms. The van der Waals surface area contributed by atoms with Crippen LogP contribution in [-0.4, -0.2) is 38.1 Å². The zero-order valence-corrected chi connectivity index (χ0v) is 15.9. The third-order valence-corrected chi connectivity index (χ3v) is 5.73. The summed E-state index contributed by atoms with van der Waals surface area (Å²) in [6, 6.07) is 12.3. The number of nitrogens with zero attached hydrogens (tertiary/aromatic N) is 4. The van der Waals surface area contributed by atoms with Gasteiger partial charge in [-0.3, -0.25) is 19.3 Å². The number of rotatable bonds is 3. The number of aromatic nitrogens is 3. The van der Waals surface area contributed by atoms with Crippen LogP contribution in [0.1, 0.15) is 5.56 Å². The van der Waals surface area contributed by atoms with Gasteiger partial charge in [0.15, 0.2) is 5.82 Å². The Morgan fingerprint density at radius 2 is 1.83 bits per heavy atom. The van der Waals surface area contributed by atoms with Crippen LogP contribution in [0.25, 0.3) is 21.9 Å². The first-order chi connectivity index (χ1) is 14.4. The molecule has 0 bridgehead atoms. The van der Waals surface area contributed by atoms with Crippen molar-refractivity contribution in [2.24, 2.45) is 0 Å². The fourth-order valence-electron chi connectivity index (χ4n) is 3.40.